The van der Waals surface area contributed by atoms with E-state index in [-0.39, 0.29) is 10.8 Å². The molecule has 0 bridgehead atoms. The molecule has 0 N–H and O–H groups in total. The summed E-state index contributed by atoms with van der Waals surface area (Å²) in [5.41, 5.74) is 14.5. The maximum atomic E-state index is 2.46. The van der Waals surface area contributed by atoms with Gasteiger partial charge in [-0.25, -0.2) is 0 Å². The van der Waals surface area contributed by atoms with Crippen molar-refractivity contribution in [3.8, 4) is 22.3 Å². The van der Waals surface area contributed by atoms with Gasteiger partial charge in [-0.3, -0.25) is 0 Å². The largest absolute Gasteiger partial charge is 0.310 e. The molecule has 198 valence electrons. The maximum Gasteiger partial charge on any atom is 0.0540 e. The fourth-order valence-electron chi connectivity index (χ4n) is 7.49. The Balaban J connectivity index is 1.37. The van der Waals surface area contributed by atoms with Crippen LogP contribution in [0.2, 0.25) is 0 Å². The predicted octanol–water partition coefficient (Wildman–Crippen LogP) is 10.9. The molecule has 0 spiro atoms. The van der Waals surface area contributed by atoms with Crippen LogP contribution in [0.1, 0.15) is 49.9 Å². The molecule has 0 heterocycles. The molecule has 0 amide bonds. The Morgan fingerprint density at radius 3 is 1.71 bits per heavy atom. The zero-order valence-corrected chi connectivity index (χ0v) is 24.1. The van der Waals surface area contributed by atoms with E-state index in [0.29, 0.717) is 0 Å². The van der Waals surface area contributed by atoms with E-state index in [1.165, 1.54) is 66.7 Å². The van der Waals surface area contributed by atoms with Crippen molar-refractivity contribution in [1.29, 1.82) is 0 Å². The average molecular weight is 528 g/mol. The lowest BCUT2D eigenvalue weighted by Gasteiger charge is -2.29. The van der Waals surface area contributed by atoms with Crippen LogP contribution in [-0.2, 0) is 10.8 Å². The second-order valence-electron chi connectivity index (χ2n) is 12.6. The minimum Gasteiger partial charge on any atom is -0.310 e. The van der Waals surface area contributed by atoms with E-state index in [0.717, 1.165) is 5.69 Å². The Kier molecular flexibility index (Phi) is 4.98. The van der Waals surface area contributed by atoms with E-state index in [1.54, 1.807) is 0 Å². The summed E-state index contributed by atoms with van der Waals surface area (Å²) in [6, 6.07) is 47.3. The number of benzene rings is 6. The zero-order chi connectivity index (χ0) is 27.9. The standard InChI is InChI=1S/C40H33N/c1-39(2)34-18-10-8-16-29(34)31-22-21-28(24-36(31)39)41(27-14-6-5-7-15-27)38-20-12-13-26-23-33-30-17-9-11-19-35(30)40(3,4)37(33)25-32(26)38/h5-25H,1-4H3. The third kappa shape index (κ3) is 3.36. The number of hydrogen-bond acceptors (Lipinski definition) is 1. The summed E-state index contributed by atoms with van der Waals surface area (Å²) in [5.74, 6) is 0. The molecule has 0 saturated carbocycles. The number of anilines is 3. The molecule has 2 aliphatic rings. The molecule has 0 aromatic heterocycles. The Labute approximate surface area is 242 Å². The molecule has 1 nitrogen and oxygen atoms in total. The molecule has 0 aliphatic heterocycles. The molecule has 1 heteroatoms. The smallest absolute Gasteiger partial charge is 0.0540 e. The summed E-state index contributed by atoms with van der Waals surface area (Å²) in [6.45, 7) is 9.44. The Bertz CT molecular complexity index is 1990. The van der Waals surface area contributed by atoms with Crippen molar-refractivity contribution in [2.45, 2.75) is 38.5 Å². The molecule has 0 radical (unpaired) electrons. The van der Waals surface area contributed by atoms with Gasteiger partial charge in [-0.1, -0.05) is 113 Å². The van der Waals surface area contributed by atoms with Crippen LogP contribution in [0.25, 0.3) is 33.0 Å². The van der Waals surface area contributed by atoms with Crippen molar-refractivity contribution in [2.24, 2.45) is 0 Å². The number of para-hydroxylation sites is 1. The van der Waals surface area contributed by atoms with Crippen LogP contribution >= 0.6 is 0 Å². The Hall–Kier alpha value is -4.62. The quantitative estimate of drug-likeness (QED) is 0.221. The monoisotopic (exact) mass is 527 g/mol. The van der Waals surface area contributed by atoms with Crippen LogP contribution in [0.5, 0.6) is 0 Å². The van der Waals surface area contributed by atoms with Crippen LogP contribution in [-0.4, -0.2) is 0 Å². The lowest BCUT2D eigenvalue weighted by Crippen LogP contribution is -2.17. The summed E-state index contributed by atoms with van der Waals surface area (Å²) in [6.07, 6.45) is 0. The minimum atomic E-state index is -0.0559. The number of fused-ring (bicyclic) bond motifs is 7. The average Bonchev–Trinajstić information content (AvgIpc) is 3.36. The molecular formula is C40H33N. The molecule has 6 aromatic rings. The van der Waals surface area contributed by atoms with E-state index in [2.05, 4.69) is 160 Å². The van der Waals surface area contributed by atoms with Crippen molar-refractivity contribution in [3.63, 3.8) is 0 Å². The third-order valence-electron chi connectivity index (χ3n) is 9.64. The number of nitrogens with zero attached hydrogens (tertiary/aromatic N) is 1. The molecule has 8 rings (SSSR count). The van der Waals surface area contributed by atoms with Gasteiger partial charge in [0, 0.05) is 27.6 Å². The van der Waals surface area contributed by atoms with Gasteiger partial charge < -0.3 is 4.90 Å². The van der Waals surface area contributed by atoms with Gasteiger partial charge in [-0.05, 0) is 92.4 Å². The van der Waals surface area contributed by atoms with Gasteiger partial charge in [0.15, 0.2) is 0 Å². The van der Waals surface area contributed by atoms with Gasteiger partial charge in [0.05, 0.1) is 5.69 Å². The van der Waals surface area contributed by atoms with E-state index in [1.807, 2.05) is 0 Å². The first-order valence-corrected chi connectivity index (χ1v) is 14.6. The molecule has 6 aromatic carbocycles. The van der Waals surface area contributed by atoms with Crippen LogP contribution in [0, 0.1) is 0 Å². The van der Waals surface area contributed by atoms with Crippen LogP contribution in [0.4, 0.5) is 17.1 Å². The number of rotatable bonds is 3. The lowest BCUT2D eigenvalue weighted by molar-refractivity contribution is 0.660. The summed E-state index contributed by atoms with van der Waals surface area (Å²) < 4.78 is 0. The highest BCUT2D eigenvalue weighted by molar-refractivity contribution is 6.03. The second-order valence-corrected chi connectivity index (χ2v) is 12.6. The van der Waals surface area contributed by atoms with Crippen molar-refractivity contribution >= 4 is 27.8 Å². The Morgan fingerprint density at radius 1 is 0.415 bits per heavy atom. The highest BCUT2D eigenvalue weighted by Gasteiger charge is 2.37. The molecule has 0 unspecified atom stereocenters. The van der Waals surface area contributed by atoms with Crippen LogP contribution in [0.3, 0.4) is 0 Å². The van der Waals surface area contributed by atoms with E-state index in [9.17, 15) is 0 Å². The van der Waals surface area contributed by atoms with Gasteiger partial charge in [-0.15, -0.1) is 0 Å². The van der Waals surface area contributed by atoms with Gasteiger partial charge in [0.25, 0.3) is 0 Å². The first-order valence-electron chi connectivity index (χ1n) is 14.6. The van der Waals surface area contributed by atoms with Crippen LogP contribution < -0.4 is 4.90 Å². The molecular weight excluding hydrogens is 494 g/mol. The molecule has 2 aliphatic carbocycles. The second kappa shape index (κ2) is 8.44. The molecule has 41 heavy (non-hydrogen) atoms. The summed E-state index contributed by atoms with van der Waals surface area (Å²) in [4.78, 5) is 2.45. The lowest BCUT2D eigenvalue weighted by atomic mass is 9.81. The number of hydrogen-bond donors (Lipinski definition) is 0. The van der Waals surface area contributed by atoms with Gasteiger partial charge in [0.1, 0.15) is 0 Å². The normalized spacial score (nSPS) is 15.2. The Morgan fingerprint density at radius 2 is 1.00 bits per heavy atom. The van der Waals surface area contributed by atoms with Gasteiger partial charge >= 0.3 is 0 Å². The fraction of sp³-hybridized carbons (Fsp3) is 0.150. The summed E-state index contributed by atoms with van der Waals surface area (Å²) >= 11 is 0. The van der Waals surface area contributed by atoms with Gasteiger partial charge in [0.2, 0.25) is 0 Å². The van der Waals surface area contributed by atoms with Crippen molar-refractivity contribution in [2.75, 3.05) is 4.90 Å². The van der Waals surface area contributed by atoms with Crippen molar-refractivity contribution in [3.05, 3.63) is 150 Å². The van der Waals surface area contributed by atoms with Crippen LogP contribution in [0.15, 0.2) is 127 Å². The van der Waals surface area contributed by atoms with Gasteiger partial charge in [-0.2, -0.15) is 0 Å². The highest BCUT2D eigenvalue weighted by Crippen LogP contribution is 2.53. The predicted molar refractivity (Wildman–Crippen MR) is 174 cm³/mol. The SMILES string of the molecule is CC1(C)c2ccccc2-c2ccc(N(c3ccccc3)c3cccc4cc5c(cc34)C(C)(C)c3ccccc3-5)cc21. The maximum absolute atomic E-state index is 2.46. The minimum absolute atomic E-state index is 0.0474. The molecule has 0 atom stereocenters. The molecule has 0 fully saturated rings. The van der Waals surface area contributed by atoms with Crippen molar-refractivity contribution < 1.29 is 0 Å². The first kappa shape index (κ1) is 24.2. The van der Waals surface area contributed by atoms with Crippen molar-refractivity contribution in [1.82, 2.24) is 0 Å². The highest BCUT2D eigenvalue weighted by atomic mass is 15.1. The summed E-state index contributed by atoms with van der Waals surface area (Å²) in [5, 5.41) is 2.54. The fourth-order valence-corrected chi connectivity index (χ4v) is 7.49. The van der Waals surface area contributed by atoms with E-state index < -0.39 is 0 Å². The zero-order valence-electron chi connectivity index (χ0n) is 24.1. The molecule has 0 saturated heterocycles. The van der Waals surface area contributed by atoms with E-state index in [4.69, 9.17) is 0 Å². The summed E-state index contributed by atoms with van der Waals surface area (Å²) in [7, 11) is 0. The topological polar surface area (TPSA) is 3.24 Å². The third-order valence-corrected chi connectivity index (χ3v) is 9.64. The van der Waals surface area contributed by atoms with E-state index >= 15 is 0 Å². The first-order chi connectivity index (χ1) is 19.9.